The lowest BCUT2D eigenvalue weighted by Crippen LogP contribution is -2.10. The molecule has 1 heterocycles. The van der Waals surface area contributed by atoms with Crippen LogP contribution < -0.4 is 0 Å². The second kappa shape index (κ2) is 6.92. The van der Waals surface area contributed by atoms with Crippen molar-refractivity contribution in [3.8, 4) is 0 Å². The van der Waals surface area contributed by atoms with Crippen LogP contribution in [-0.2, 0) is 17.2 Å². The van der Waals surface area contributed by atoms with Gasteiger partial charge in [0.1, 0.15) is 5.82 Å². The van der Waals surface area contributed by atoms with Crippen molar-refractivity contribution < 1.29 is 4.74 Å². The number of hydrogen-bond acceptors (Lipinski definition) is 2. The highest BCUT2D eigenvalue weighted by Crippen LogP contribution is 2.17. The van der Waals surface area contributed by atoms with E-state index in [1.165, 1.54) is 0 Å². The molecule has 0 N–H and O–H groups in total. The molecule has 0 fully saturated rings. The van der Waals surface area contributed by atoms with E-state index in [4.69, 9.17) is 16.3 Å². The normalized spacial score (nSPS) is 11.6. The van der Waals surface area contributed by atoms with Crippen LogP contribution in [0.3, 0.4) is 0 Å². The summed E-state index contributed by atoms with van der Waals surface area (Å²) in [5.74, 6) is 2.03. The lowest BCUT2D eigenvalue weighted by Gasteiger charge is -2.09. The van der Waals surface area contributed by atoms with Gasteiger partial charge in [-0.15, -0.1) is 11.6 Å². The van der Waals surface area contributed by atoms with Crippen LogP contribution in [0.15, 0.2) is 24.3 Å². The van der Waals surface area contributed by atoms with Gasteiger partial charge in [-0.1, -0.05) is 26.0 Å². The second-order valence-electron chi connectivity index (χ2n) is 5.10. The topological polar surface area (TPSA) is 27.1 Å². The first-order valence-corrected chi connectivity index (χ1v) is 7.33. The predicted molar refractivity (Wildman–Crippen MR) is 79.6 cm³/mol. The van der Waals surface area contributed by atoms with Crippen LogP contribution in [0.1, 0.15) is 26.1 Å². The Morgan fingerprint density at radius 2 is 2.05 bits per heavy atom. The second-order valence-corrected chi connectivity index (χ2v) is 5.36. The molecule has 0 aliphatic heterocycles. The Morgan fingerprint density at radius 3 is 2.79 bits per heavy atom. The molecule has 2 aromatic rings. The van der Waals surface area contributed by atoms with E-state index in [1.54, 1.807) is 0 Å². The van der Waals surface area contributed by atoms with Crippen LogP contribution in [0.5, 0.6) is 0 Å². The van der Waals surface area contributed by atoms with Crippen LogP contribution in [0.4, 0.5) is 0 Å². The fraction of sp³-hybridized carbons (Fsp3) is 0.533. The molecule has 0 atom stereocenters. The number of hydrogen-bond donors (Lipinski definition) is 0. The molecule has 3 nitrogen and oxygen atoms in total. The molecule has 0 saturated heterocycles. The number of alkyl halides is 1. The van der Waals surface area contributed by atoms with E-state index >= 15 is 0 Å². The zero-order valence-electron chi connectivity index (χ0n) is 11.6. The summed E-state index contributed by atoms with van der Waals surface area (Å²) in [6, 6.07) is 8.11. The highest BCUT2D eigenvalue weighted by molar-refractivity contribution is 6.16. The highest BCUT2D eigenvalue weighted by Gasteiger charge is 2.08. The molecule has 0 bridgehead atoms. The Kier molecular flexibility index (Phi) is 5.23. The van der Waals surface area contributed by atoms with Crippen molar-refractivity contribution in [1.82, 2.24) is 9.55 Å². The van der Waals surface area contributed by atoms with Crippen LogP contribution in [0.2, 0.25) is 0 Å². The van der Waals surface area contributed by atoms with Gasteiger partial charge in [-0.25, -0.2) is 4.98 Å². The van der Waals surface area contributed by atoms with E-state index in [2.05, 4.69) is 29.5 Å². The minimum absolute atomic E-state index is 0.431. The van der Waals surface area contributed by atoms with E-state index in [0.29, 0.717) is 18.4 Å². The average Bonchev–Trinajstić information content (AvgIpc) is 2.76. The molecular formula is C15H21ClN2O. The van der Waals surface area contributed by atoms with E-state index in [9.17, 15) is 0 Å². The summed E-state index contributed by atoms with van der Waals surface area (Å²) in [7, 11) is 0. The molecule has 4 heteroatoms. The van der Waals surface area contributed by atoms with Crippen molar-refractivity contribution in [2.45, 2.75) is 32.7 Å². The van der Waals surface area contributed by atoms with Crippen molar-refractivity contribution in [1.29, 1.82) is 0 Å². The highest BCUT2D eigenvalue weighted by atomic mass is 35.5. The fourth-order valence-electron chi connectivity index (χ4n) is 2.05. The number of aromatic nitrogens is 2. The van der Waals surface area contributed by atoms with E-state index in [0.717, 1.165) is 36.4 Å². The van der Waals surface area contributed by atoms with Gasteiger partial charge in [-0.3, -0.25) is 0 Å². The molecule has 104 valence electrons. The molecule has 1 aromatic heterocycles. The molecule has 0 aliphatic carbocycles. The van der Waals surface area contributed by atoms with Gasteiger partial charge in [0.2, 0.25) is 0 Å². The van der Waals surface area contributed by atoms with Gasteiger partial charge in [-0.05, 0) is 24.5 Å². The third-order valence-electron chi connectivity index (χ3n) is 3.15. The summed E-state index contributed by atoms with van der Waals surface area (Å²) in [4.78, 5) is 4.53. The van der Waals surface area contributed by atoms with Crippen molar-refractivity contribution >= 4 is 22.6 Å². The number of benzene rings is 1. The maximum absolute atomic E-state index is 5.96. The van der Waals surface area contributed by atoms with Crippen LogP contribution in [0.25, 0.3) is 11.0 Å². The minimum atomic E-state index is 0.431. The Balaban J connectivity index is 1.99. The third-order valence-corrected chi connectivity index (χ3v) is 3.39. The molecule has 0 radical (unpaired) electrons. The number of ether oxygens (including phenoxy) is 1. The summed E-state index contributed by atoms with van der Waals surface area (Å²) in [5.41, 5.74) is 2.13. The predicted octanol–water partition coefficient (Wildman–Crippen LogP) is 3.84. The van der Waals surface area contributed by atoms with Crippen LogP contribution in [-0.4, -0.2) is 22.8 Å². The molecule has 0 amide bonds. The lowest BCUT2D eigenvalue weighted by molar-refractivity contribution is 0.116. The standard InChI is InChI=1S/C15H21ClN2O/c1-12(2)7-9-19-10-8-18-14-6-4-3-5-13(14)17-15(18)11-16/h3-6,12H,7-11H2,1-2H3. The first-order valence-electron chi connectivity index (χ1n) is 6.80. The number of para-hydroxylation sites is 2. The summed E-state index contributed by atoms with van der Waals surface area (Å²) in [6.07, 6.45) is 1.10. The Bertz CT molecular complexity index is 522. The van der Waals surface area contributed by atoms with Gasteiger partial charge >= 0.3 is 0 Å². The van der Waals surface area contributed by atoms with Crippen LogP contribution in [0, 0.1) is 5.92 Å². The van der Waals surface area contributed by atoms with E-state index < -0.39 is 0 Å². The van der Waals surface area contributed by atoms with E-state index in [-0.39, 0.29) is 0 Å². The summed E-state index contributed by atoms with van der Waals surface area (Å²) >= 11 is 5.96. The Morgan fingerprint density at radius 1 is 1.26 bits per heavy atom. The van der Waals surface area contributed by atoms with Crippen molar-refractivity contribution in [3.63, 3.8) is 0 Å². The zero-order chi connectivity index (χ0) is 13.7. The molecule has 0 spiro atoms. The zero-order valence-corrected chi connectivity index (χ0v) is 12.4. The monoisotopic (exact) mass is 280 g/mol. The number of rotatable bonds is 7. The molecule has 2 rings (SSSR count). The Labute approximate surface area is 119 Å². The van der Waals surface area contributed by atoms with Crippen molar-refractivity contribution in [2.24, 2.45) is 5.92 Å². The average molecular weight is 281 g/mol. The summed E-state index contributed by atoms with van der Waals surface area (Å²) in [6.45, 7) is 6.74. The van der Waals surface area contributed by atoms with Crippen LogP contribution >= 0.6 is 11.6 Å². The fourth-order valence-corrected chi connectivity index (χ4v) is 2.26. The van der Waals surface area contributed by atoms with Gasteiger partial charge in [0, 0.05) is 13.2 Å². The quantitative estimate of drug-likeness (QED) is 0.569. The van der Waals surface area contributed by atoms with Gasteiger partial charge in [0.15, 0.2) is 0 Å². The Hall–Kier alpha value is -1.06. The molecular weight excluding hydrogens is 260 g/mol. The smallest absolute Gasteiger partial charge is 0.124 e. The molecule has 19 heavy (non-hydrogen) atoms. The number of fused-ring (bicyclic) bond motifs is 1. The summed E-state index contributed by atoms with van der Waals surface area (Å²) < 4.78 is 7.83. The minimum Gasteiger partial charge on any atom is -0.380 e. The van der Waals surface area contributed by atoms with E-state index in [1.807, 2.05) is 18.2 Å². The largest absolute Gasteiger partial charge is 0.380 e. The molecule has 0 aliphatic rings. The summed E-state index contributed by atoms with van der Waals surface area (Å²) in [5, 5.41) is 0. The molecule has 0 unspecified atom stereocenters. The number of nitrogens with zero attached hydrogens (tertiary/aromatic N) is 2. The maximum atomic E-state index is 5.96. The van der Waals surface area contributed by atoms with Gasteiger partial charge in [0.25, 0.3) is 0 Å². The number of halogens is 1. The van der Waals surface area contributed by atoms with Crippen molar-refractivity contribution in [2.75, 3.05) is 13.2 Å². The molecule has 1 aromatic carbocycles. The first-order chi connectivity index (χ1) is 9.22. The SMILES string of the molecule is CC(C)CCOCCn1c(CCl)nc2ccccc21. The number of imidazole rings is 1. The van der Waals surface area contributed by atoms with Gasteiger partial charge in [-0.2, -0.15) is 0 Å². The first kappa shape index (κ1) is 14.4. The van der Waals surface area contributed by atoms with Crippen molar-refractivity contribution in [3.05, 3.63) is 30.1 Å². The maximum Gasteiger partial charge on any atom is 0.124 e. The van der Waals surface area contributed by atoms with Gasteiger partial charge < -0.3 is 9.30 Å². The van der Waals surface area contributed by atoms with Gasteiger partial charge in [0.05, 0.1) is 23.5 Å². The molecule has 0 saturated carbocycles. The lowest BCUT2D eigenvalue weighted by atomic mass is 10.1. The third kappa shape index (κ3) is 3.71.